The number of rotatable bonds is 6. The van der Waals surface area contributed by atoms with Crippen LogP contribution >= 0.6 is 11.6 Å². The van der Waals surface area contributed by atoms with Gasteiger partial charge in [0.25, 0.3) is 0 Å². The summed E-state index contributed by atoms with van der Waals surface area (Å²) in [5, 5.41) is 9.78. The molecule has 3 rings (SSSR count). The summed E-state index contributed by atoms with van der Waals surface area (Å²) in [6.07, 6.45) is 5.79. The van der Waals surface area contributed by atoms with E-state index in [1.807, 2.05) is 17.0 Å². The number of carbonyl (C=O) groups excluding carboxylic acids is 1. The molecule has 0 spiro atoms. The molecule has 0 saturated carbocycles. The van der Waals surface area contributed by atoms with Crippen molar-refractivity contribution in [3.8, 4) is 5.75 Å². The van der Waals surface area contributed by atoms with Crippen molar-refractivity contribution in [2.24, 2.45) is 0 Å². The number of phenols is 1. The van der Waals surface area contributed by atoms with Crippen LogP contribution in [0, 0.1) is 0 Å². The van der Waals surface area contributed by atoms with E-state index >= 15 is 0 Å². The number of benzene rings is 1. The van der Waals surface area contributed by atoms with Crippen LogP contribution in [-0.4, -0.2) is 40.2 Å². The summed E-state index contributed by atoms with van der Waals surface area (Å²) < 4.78 is 5.70. The minimum Gasteiger partial charge on any atom is -0.506 e. The van der Waals surface area contributed by atoms with Crippen molar-refractivity contribution in [3.05, 3.63) is 58.9 Å². The van der Waals surface area contributed by atoms with Gasteiger partial charge in [-0.15, -0.1) is 0 Å². The zero-order valence-corrected chi connectivity index (χ0v) is 14.7. The Balaban J connectivity index is 1.72. The lowest BCUT2D eigenvalue weighted by Crippen LogP contribution is -2.37. The van der Waals surface area contributed by atoms with Gasteiger partial charge in [0, 0.05) is 32.1 Å². The first-order chi connectivity index (χ1) is 12.1. The van der Waals surface area contributed by atoms with Gasteiger partial charge in [-0.05, 0) is 48.2 Å². The Morgan fingerprint density at radius 1 is 1.28 bits per heavy atom. The lowest BCUT2D eigenvalue weighted by atomic mass is 10.1. The summed E-state index contributed by atoms with van der Waals surface area (Å²) >= 11 is 5.94. The number of pyridine rings is 1. The normalized spacial score (nSPS) is 16.8. The monoisotopic (exact) mass is 360 g/mol. The van der Waals surface area contributed by atoms with Crippen molar-refractivity contribution in [3.63, 3.8) is 0 Å². The lowest BCUT2D eigenvalue weighted by Gasteiger charge is -2.26. The van der Waals surface area contributed by atoms with Crippen molar-refractivity contribution < 1.29 is 14.6 Å². The summed E-state index contributed by atoms with van der Waals surface area (Å²) in [7, 11) is 0. The number of ether oxygens (including phenoxy) is 1. The van der Waals surface area contributed by atoms with Gasteiger partial charge in [-0.1, -0.05) is 17.7 Å². The van der Waals surface area contributed by atoms with E-state index in [2.05, 4.69) is 4.98 Å². The number of halogens is 1. The first-order valence-electron chi connectivity index (χ1n) is 8.37. The second-order valence-electron chi connectivity index (χ2n) is 6.23. The molecule has 1 aromatic carbocycles. The number of carbonyl (C=O) groups is 1. The largest absolute Gasteiger partial charge is 0.506 e. The van der Waals surface area contributed by atoms with Crippen LogP contribution in [0.15, 0.2) is 42.7 Å². The van der Waals surface area contributed by atoms with E-state index in [4.69, 9.17) is 16.3 Å². The van der Waals surface area contributed by atoms with Crippen LogP contribution in [0.2, 0.25) is 5.02 Å². The SMILES string of the molecule is O=C(Cc1ccc(O)c(Cl)c1)N(Cc1ccncc1)C[C@H]1CCCO1. The van der Waals surface area contributed by atoms with Crippen LogP contribution in [0.3, 0.4) is 0 Å². The van der Waals surface area contributed by atoms with Gasteiger partial charge in [0.05, 0.1) is 17.5 Å². The maximum absolute atomic E-state index is 12.9. The third-order valence-electron chi connectivity index (χ3n) is 4.29. The molecule has 1 saturated heterocycles. The highest BCUT2D eigenvalue weighted by Crippen LogP contribution is 2.24. The molecule has 1 fully saturated rings. The van der Waals surface area contributed by atoms with Crippen molar-refractivity contribution >= 4 is 17.5 Å². The van der Waals surface area contributed by atoms with Gasteiger partial charge >= 0.3 is 0 Å². The molecule has 0 unspecified atom stereocenters. The van der Waals surface area contributed by atoms with E-state index in [-0.39, 0.29) is 29.2 Å². The maximum atomic E-state index is 12.9. The van der Waals surface area contributed by atoms with Crippen molar-refractivity contribution in [2.75, 3.05) is 13.2 Å². The van der Waals surface area contributed by atoms with E-state index in [9.17, 15) is 9.90 Å². The quantitative estimate of drug-likeness (QED) is 0.859. The molecule has 1 N–H and O–H groups in total. The molecule has 1 aromatic heterocycles. The molecule has 0 aliphatic carbocycles. The number of nitrogens with zero attached hydrogens (tertiary/aromatic N) is 2. The van der Waals surface area contributed by atoms with Crippen LogP contribution in [-0.2, 0) is 22.5 Å². The second kappa shape index (κ2) is 8.32. The van der Waals surface area contributed by atoms with E-state index < -0.39 is 0 Å². The van der Waals surface area contributed by atoms with Gasteiger partial charge in [0.1, 0.15) is 5.75 Å². The Kier molecular flexibility index (Phi) is 5.89. The van der Waals surface area contributed by atoms with Gasteiger partial charge in [0.15, 0.2) is 0 Å². The molecule has 5 nitrogen and oxygen atoms in total. The number of hydrogen-bond donors (Lipinski definition) is 1. The van der Waals surface area contributed by atoms with Crippen molar-refractivity contribution in [2.45, 2.75) is 31.9 Å². The van der Waals surface area contributed by atoms with Gasteiger partial charge in [0.2, 0.25) is 5.91 Å². The number of aromatic hydroxyl groups is 1. The minimum atomic E-state index is 0.00840. The molecule has 132 valence electrons. The Bertz CT molecular complexity index is 718. The predicted molar refractivity (Wildman–Crippen MR) is 95.4 cm³/mol. The molecule has 6 heteroatoms. The molecule has 1 aliphatic heterocycles. The summed E-state index contributed by atoms with van der Waals surface area (Å²) in [5.74, 6) is 0.0277. The van der Waals surface area contributed by atoms with Crippen molar-refractivity contribution in [1.82, 2.24) is 9.88 Å². The van der Waals surface area contributed by atoms with Crippen molar-refractivity contribution in [1.29, 1.82) is 0 Å². The molecule has 0 radical (unpaired) electrons. The van der Waals surface area contributed by atoms with Gasteiger partial charge in [-0.3, -0.25) is 9.78 Å². The third kappa shape index (κ3) is 4.94. The Morgan fingerprint density at radius 3 is 2.76 bits per heavy atom. The fourth-order valence-electron chi connectivity index (χ4n) is 2.94. The fourth-order valence-corrected chi connectivity index (χ4v) is 3.15. The lowest BCUT2D eigenvalue weighted by molar-refractivity contribution is -0.132. The Hall–Kier alpha value is -2.11. The van der Waals surface area contributed by atoms with Gasteiger partial charge in [-0.25, -0.2) is 0 Å². The Labute approximate surface area is 152 Å². The zero-order chi connectivity index (χ0) is 17.6. The maximum Gasteiger partial charge on any atom is 0.227 e. The molecular weight excluding hydrogens is 340 g/mol. The first kappa shape index (κ1) is 17.7. The highest BCUT2D eigenvalue weighted by atomic mass is 35.5. The summed E-state index contributed by atoms with van der Waals surface area (Å²) in [5.41, 5.74) is 1.81. The molecule has 2 aromatic rings. The molecule has 25 heavy (non-hydrogen) atoms. The van der Waals surface area contributed by atoms with Crippen LogP contribution < -0.4 is 0 Å². The standard InChI is InChI=1S/C19H21ClN2O3/c20-17-10-15(3-4-18(17)23)11-19(24)22(13-16-2-1-9-25-16)12-14-5-7-21-8-6-14/h3-8,10,16,23H,1-2,9,11-13H2/t16-/m1/s1. The molecule has 1 amide bonds. The highest BCUT2D eigenvalue weighted by molar-refractivity contribution is 6.32. The number of amides is 1. The predicted octanol–water partition coefficient (Wildman–Crippen LogP) is 3.19. The highest BCUT2D eigenvalue weighted by Gasteiger charge is 2.23. The number of aromatic nitrogens is 1. The average Bonchev–Trinajstić information content (AvgIpc) is 3.12. The van der Waals surface area contributed by atoms with E-state index in [1.165, 1.54) is 6.07 Å². The molecule has 1 aliphatic rings. The molecule has 0 bridgehead atoms. The van der Waals surface area contributed by atoms with Gasteiger partial charge in [-0.2, -0.15) is 0 Å². The van der Waals surface area contributed by atoms with Crippen LogP contribution in [0.5, 0.6) is 5.75 Å². The van der Waals surface area contributed by atoms with Gasteiger partial charge < -0.3 is 14.7 Å². The number of phenolic OH excluding ortho intramolecular Hbond substituents is 1. The summed E-state index contributed by atoms with van der Waals surface area (Å²) in [6.45, 7) is 1.86. The van der Waals surface area contributed by atoms with E-state index in [1.54, 1.807) is 24.5 Å². The smallest absolute Gasteiger partial charge is 0.227 e. The number of hydrogen-bond acceptors (Lipinski definition) is 4. The molecule has 1 atom stereocenters. The minimum absolute atomic E-state index is 0.00840. The summed E-state index contributed by atoms with van der Waals surface area (Å²) in [6, 6.07) is 8.68. The van der Waals surface area contributed by atoms with Crippen LogP contribution in [0.1, 0.15) is 24.0 Å². The van der Waals surface area contributed by atoms with E-state index in [0.29, 0.717) is 13.1 Å². The van der Waals surface area contributed by atoms with Crippen LogP contribution in [0.25, 0.3) is 0 Å². The van der Waals surface area contributed by atoms with Crippen LogP contribution in [0.4, 0.5) is 0 Å². The Morgan fingerprint density at radius 2 is 2.08 bits per heavy atom. The second-order valence-corrected chi connectivity index (χ2v) is 6.63. The topological polar surface area (TPSA) is 62.7 Å². The summed E-state index contributed by atoms with van der Waals surface area (Å²) in [4.78, 5) is 18.7. The average molecular weight is 361 g/mol. The third-order valence-corrected chi connectivity index (χ3v) is 4.59. The zero-order valence-electron chi connectivity index (χ0n) is 13.9. The first-order valence-corrected chi connectivity index (χ1v) is 8.75. The molecule has 2 heterocycles. The fraction of sp³-hybridized carbons (Fsp3) is 0.368. The molecular formula is C19H21ClN2O3. The van der Waals surface area contributed by atoms with E-state index in [0.717, 1.165) is 30.6 Å².